The van der Waals surface area contributed by atoms with Gasteiger partial charge in [-0.15, -0.1) is 0 Å². The first-order valence-corrected chi connectivity index (χ1v) is 14.6. The third-order valence-electron chi connectivity index (χ3n) is 6.28. The number of furan rings is 1. The van der Waals surface area contributed by atoms with Crippen LogP contribution in [0, 0.1) is 0 Å². The molecule has 0 fully saturated rings. The molecule has 2 aromatic carbocycles. The molecule has 0 bridgehead atoms. The first-order valence-electron chi connectivity index (χ1n) is 11.7. The smallest absolute Gasteiger partial charge is 0.339 e. The van der Waals surface area contributed by atoms with Crippen molar-refractivity contribution >= 4 is 26.0 Å². The normalized spacial score (nSPS) is 13.5. The summed E-state index contributed by atoms with van der Waals surface area (Å²) in [5.41, 5.74) is 0.542. The molecule has 190 valence electrons. The summed E-state index contributed by atoms with van der Waals surface area (Å²) in [5, 5.41) is -0.135. The van der Waals surface area contributed by atoms with E-state index in [1.54, 1.807) is 72.8 Å². The molecule has 0 saturated carbocycles. The predicted molar refractivity (Wildman–Crippen MR) is 137 cm³/mol. The summed E-state index contributed by atoms with van der Waals surface area (Å²) in [7, 11) is -2.30. The molecule has 0 radical (unpaired) electrons. The molecule has 0 spiro atoms. The first kappa shape index (κ1) is 27.1. The van der Waals surface area contributed by atoms with Crippen LogP contribution in [0.15, 0.2) is 83.5 Å². The molecule has 0 aliphatic rings. The number of hydrogen-bond donors (Lipinski definition) is 0. The third-order valence-corrected chi connectivity index (χ3v) is 10.8. The molecule has 0 saturated heterocycles. The largest absolute Gasteiger partial charge is 0.465 e. The number of hydrogen-bond acceptors (Lipinski definition) is 7. The predicted octanol–water partition coefficient (Wildman–Crippen LogP) is 5.99. The zero-order chi connectivity index (χ0) is 26.3. The Morgan fingerprint density at radius 2 is 1.33 bits per heavy atom. The zero-order valence-corrected chi connectivity index (χ0v) is 22.2. The van der Waals surface area contributed by atoms with Gasteiger partial charge >= 0.3 is 11.9 Å². The average Bonchev–Trinajstić information content (AvgIpc) is 3.39. The fourth-order valence-electron chi connectivity index (χ4n) is 3.08. The van der Waals surface area contributed by atoms with E-state index >= 15 is 0 Å². The van der Waals surface area contributed by atoms with E-state index in [2.05, 4.69) is 20.8 Å². The van der Waals surface area contributed by atoms with Crippen LogP contribution in [0.1, 0.15) is 53.4 Å². The van der Waals surface area contributed by atoms with Gasteiger partial charge in [0.15, 0.2) is 8.32 Å². The van der Waals surface area contributed by atoms with Gasteiger partial charge in [-0.3, -0.25) is 4.79 Å². The van der Waals surface area contributed by atoms with Crippen molar-refractivity contribution < 1.29 is 32.7 Å². The molecule has 2 atom stereocenters. The van der Waals surface area contributed by atoms with E-state index in [0.717, 1.165) is 0 Å². The van der Waals surface area contributed by atoms with Crippen LogP contribution in [0.2, 0.25) is 18.1 Å². The van der Waals surface area contributed by atoms with Crippen LogP contribution in [-0.2, 0) is 18.7 Å². The lowest BCUT2D eigenvalue weighted by Crippen LogP contribution is -2.45. The maximum atomic E-state index is 13.5. The average molecular weight is 509 g/mol. The molecule has 0 aliphatic carbocycles. The number of benzene rings is 2. The Labute approximate surface area is 212 Å². The Morgan fingerprint density at radius 3 is 1.81 bits per heavy atom. The number of rotatable bonds is 10. The molecule has 7 nitrogen and oxygen atoms in total. The Bertz CT molecular complexity index is 1150. The van der Waals surface area contributed by atoms with Gasteiger partial charge in [0.2, 0.25) is 18.0 Å². The second-order valence-electron chi connectivity index (χ2n) is 9.91. The Hall–Kier alpha value is -3.49. The lowest BCUT2D eigenvalue weighted by atomic mass is 10.1. The molecule has 3 rings (SSSR count). The van der Waals surface area contributed by atoms with Gasteiger partial charge in [-0.2, -0.15) is 0 Å². The summed E-state index contributed by atoms with van der Waals surface area (Å²) >= 11 is 0. The summed E-state index contributed by atoms with van der Waals surface area (Å²) < 4.78 is 23.0. The van der Waals surface area contributed by atoms with Gasteiger partial charge in [-0.05, 0) is 54.5 Å². The van der Waals surface area contributed by atoms with Crippen LogP contribution >= 0.6 is 0 Å². The van der Waals surface area contributed by atoms with Gasteiger partial charge in [0.1, 0.15) is 5.76 Å². The molecular formula is C28H32O7Si. The van der Waals surface area contributed by atoms with E-state index in [-0.39, 0.29) is 28.5 Å². The van der Waals surface area contributed by atoms with Gasteiger partial charge in [0.25, 0.3) is 0 Å². The van der Waals surface area contributed by atoms with Crippen molar-refractivity contribution in [3.63, 3.8) is 0 Å². The van der Waals surface area contributed by atoms with Crippen molar-refractivity contribution in [2.75, 3.05) is 6.61 Å². The van der Waals surface area contributed by atoms with Crippen LogP contribution in [0.25, 0.3) is 0 Å². The van der Waals surface area contributed by atoms with Gasteiger partial charge in [0, 0.05) is 0 Å². The number of carbonyl (C=O) groups excluding carboxylic acids is 3. The molecule has 0 unspecified atom stereocenters. The highest BCUT2D eigenvalue weighted by Crippen LogP contribution is 2.37. The first-order chi connectivity index (χ1) is 17.0. The van der Waals surface area contributed by atoms with Crippen LogP contribution < -0.4 is 0 Å². The fourth-order valence-corrected chi connectivity index (χ4v) is 4.02. The molecule has 1 aromatic heterocycles. The van der Waals surface area contributed by atoms with E-state index in [0.29, 0.717) is 0 Å². The minimum atomic E-state index is -2.30. The molecule has 3 aromatic rings. The maximum absolute atomic E-state index is 13.5. The molecule has 0 aliphatic heterocycles. The molecule has 1 heterocycles. The van der Waals surface area contributed by atoms with Crippen molar-refractivity contribution in [1.29, 1.82) is 0 Å². The SMILES string of the molecule is CC(C)(C)[Si](C)(C)OCC(=O)[C@@H](OC(=O)c1ccccc1)[C@H](OC(=O)c1ccccc1)c1ccco1. The minimum Gasteiger partial charge on any atom is -0.465 e. The summed E-state index contributed by atoms with van der Waals surface area (Å²) in [6.45, 7) is 9.91. The lowest BCUT2D eigenvalue weighted by molar-refractivity contribution is -0.137. The Kier molecular flexibility index (Phi) is 8.65. The van der Waals surface area contributed by atoms with Gasteiger partial charge in [-0.1, -0.05) is 57.2 Å². The van der Waals surface area contributed by atoms with Crippen LogP contribution in [0.4, 0.5) is 0 Å². The van der Waals surface area contributed by atoms with Gasteiger partial charge in [0.05, 0.1) is 24.0 Å². The standard InChI is InChI=1S/C28H32O7Si/c1-28(2,3)36(4,5)33-19-22(29)24(34-26(30)20-13-8-6-9-14-20)25(23-17-12-18-32-23)35-27(31)21-15-10-7-11-16-21/h6-18,24-25H,19H2,1-5H3/t24-,25-/m1/s1. The Balaban J connectivity index is 1.93. The molecule has 8 heteroatoms. The maximum Gasteiger partial charge on any atom is 0.339 e. The van der Waals surface area contributed by atoms with E-state index in [4.69, 9.17) is 18.3 Å². The third kappa shape index (κ3) is 6.80. The highest BCUT2D eigenvalue weighted by atomic mass is 28.4. The zero-order valence-electron chi connectivity index (χ0n) is 21.2. The highest BCUT2D eigenvalue weighted by Gasteiger charge is 2.42. The van der Waals surface area contributed by atoms with E-state index in [1.165, 1.54) is 6.26 Å². The minimum absolute atomic E-state index is 0.135. The Morgan fingerprint density at radius 1 is 0.806 bits per heavy atom. The number of Topliss-reactive ketones (excluding diaryl/α,β-unsaturated/α-hetero) is 1. The number of esters is 2. The number of ketones is 1. The number of ether oxygens (including phenoxy) is 2. The van der Waals surface area contributed by atoms with Crippen molar-refractivity contribution in [2.45, 2.75) is 51.1 Å². The van der Waals surface area contributed by atoms with Crippen molar-refractivity contribution in [3.8, 4) is 0 Å². The van der Waals surface area contributed by atoms with Crippen LogP contribution in [0.3, 0.4) is 0 Å². The monoisotopic (exact) mass is 508 g/mol. The molecule has 0 N–H and O–H groups in total. The quantitative estimate of drug-likeness (QED) is 0.245. The summed E-state index contributed by atoms with van der Waals surface area (Å²) in [6.07, 6.45) is -1.40. The lowest BCUT2D eigenvalue weighted by Gasteiger charge is -2.36. The second kappa shape index (κ2) is 11.5. The highest BCUT2D eigenvalue weighted by molar-refractivity contribution is 6.74. The van der Waals surface area contributed by atoms with E-state index in [9.17, 15) is 14.4 Å². The number of carbonyl (C=O) groups is 3. The topological polar surface area (TPSA) is 92.0 Å². The summed E-state index contributed by atoms with van der Waals surface area (Å²) in [5.74, 6) is -1.78. The van der Waals surface area contributed by atoms with E-state index < -0.39 is 38.2 Å². The molecular weight excluding hydrogens is 476 g/mol. The van der Waals surface area contributed by atoms with Crippen LogP contribution in [-0.4, -0.2) is 38.8 Å². The summed E-state index contributed by atoms with van der Waals surface area (Å²) in [6, 6.07) is 19.8. The second-order valence-corrected chi connectivity index (χ2v) is 14.7. The van der Waals surface area contributed by atoms with Crippen molar-refractivity contribution in [1.82, 2.24) is 0 Å². The van der Waals surface area contributed by atoms with Crippen molar-refractivity contribution in [2.24, 2.45) is 0 Å². The van der Waals surface area contributed by atoms with Crippen molar-refractivity contribution in [3.05, 3.63) is 95.9 Å². The summed E-state index contributed by atoms with van der Waals surface area (Å²) in [4.78, 5) is 39.4. The van der Waals surface area contributed by atoms with Gasteiger partial charge < -0.3 is 18.3 Å². The molecule has 36 heavy (non-hydrogen) atoms. The van der Waals surface area contributed by atoms with Gasteiger partial charge in [-0.25, -0.2) is 9.59 Å². The van der Waals surface area contributed by atoms with E-state index in [1.807, 2.05) is 13.1 Å². The van der Waals surface area contributed by atoms with Crippen LogP contribution in [0.5, 0.6) is 0 Å². The molecule has 0 amide bonds. The fraction of sp³-hybridized carbons (Fsp3) is 0.321.